The minimum atomic E-state index is 0.0341. The van der Waals surface area contributed by atoms with E-state index in [1.165, 1.54) is 0 Å². The molecule has 0 spiro atoms. The van der Waals surface area contributed by atoms with Gasteiger partial charge in [-0.1, -0.05) is 12.1 Å². The van der Waals surface area contributed by atoms with E-state index in [-0.39, 0.29) is 11.6 Å². The Kier molecular flexibility index (Phi) is 2.61. The molecule has 16 heavy (non-hydrogen) atoms. The van der Waals surface area contributed by atoms with Crippen LogP contribution in [0.4, 0.5) is 5.69 Å². The van der Waals surface area contributed by atoms with E-state index in [4.69, 9.17) is 11.0 Å². The van der Waals surface area contributed by atoms with E-state index in [0.29, 0.717) is 0 Å². The lowest BCUT2D eigenvalue weighted by Gasteiger charge is -2.34. The molecule has 1 fully saturated rings. The molecule has 0 aromatic heterocycles. The van der Waals surface area contributed by atoms with Crippen LogP contribution in [0.2, 0.25) is 0 Å². The monoisotopic (exact) mass is 215 g/mol. The van der Waals surface area contributed by atoms with Crippen LogP contribution in [0.3, 0.4) is 0 Å². The second-order valence-corrected chi connectivity index (χ2v) is 5.02. The smallest absolute Gasteiger partial charge is 0.101 e. The van der Waals surface area contributed by atoms with Gasteiger partial charge in [0, 0.05) is 18.1 Å². The molecule has 84 valence electrons. The van der Waals surface area contributed by atoms with Gasteiger partial charge in [-0.15, -0.1) is 0 Å². The van der Waals surface area contributed by atoms with Crippen molar-refractivity contribution in [3.63, 3.8) is 0 Å². The normalized spacial score (nSPS) is 23.1. The molecule has 1 aromatic rings. The highest BCUT2D eigenvalue weighted by Crippen LogP contribution is 2.34. The average Bonchev–Trinajstić information content (AvgIpc) is 2.51. The zero-order valence-electron chi connectivity index (χ0n) is 9.77. The third-order valence-corrected chi connectivity index (χ3v) is 3.22. The Hall–Kier alpha value is -1.53. The van der Waals surface area contributed by atoms with Gasteiger partial charge in [0.2, 0.25) is 0 Å². The third kappa shape index (κ3) is 1.77. The van der Waals surface area contributed by atoms with Crippen molar-refractivity contribution >= 4 is 5.69 Å². The number of nitrogens with two attached hydrogens (primary N) is 1. The van der Waals surface area contributed by atoms with Crippen molar-refractivity contribution in [3.05, 3.63) is 29.8 Å². The van der Waals surface area contributed by atoms with Crippen LogP contribution in [-0.2, 0) is 0 Å². The average molecular weight is 215 g/mol. The fourth-order valence-corrected chi connectivity index (χ4v) is 2.53. The highest BCUT2D eigenvalue weighted by Gasteiger charge is 2.37. The molecule has 3 nitrogen and oxygen atoms in total. The van der Waals surface area contributed by atoms with Crippen molar-refractivity contribution in [2.24, 2.45) is 5.73 Å². The number of nitrogens with zero attached hydrogens (tertiary/aromatic N) is 2. The Morgan fingerprint density at radius 3 is 2.69 bits per heavy atom. The number of rotatable bonds is 1. The molecule has 0 bridgehead atoms. The molecule has 1 atom stereocenters. The van der Waals surface area contributed by atoms with Crippen LogP contribution >= 0.6 is 0 Å². The predicted octanol–water partition coefficient (Wildman–Crippen LogP) is 1.87. The van der Waals surface area contributed by atoms with E-state index in [9.17, 15) is 0 Å². The molecule has 1 aliphatic heterocycles. The molecular formula is C13H17N3. The summed E-state index contributed by atoms with van der Waals surface area (Å²) in [6, 6.07) is 10.2. The third-order valence-electron chi connectivity index (χ3n) is 3.22. The first-order valence-corrected chi connectivity index (χ1v) is 5.57. The van der Waals surface area contributed by atoms with Gasteiger partial charge in [0.1, 0.15) is 6.07 Å². The zero-order valence-corrected chi connectivity index (χ0v) is 9.77. The summed E-state index contributed by atoms with van der Waals surface area (Å²) in [6.45, 7) is 5.17. The molecule has 2 N–H and O–H groups in total. The fraction of sp³-hybridized carbons (Fsp3) is 0.462. The summed E-state index contributed by atoms with van der Waals surface area (Å²) >= 11 is 0. The standard InChI is InChI=1S/C13H17N3/c1-13(2)7-11(15)9-16(13)12-6-4-3-5-10(12)8-14/h3-6,11H,7,9,15H2,1-2H3. The highest BCUT2D eigenvalue weighted by molar-refractivity contribution is 5.61. The van der Waals surface area contributed by atoms with Gasteiger partial charge in [0.25, 0.3) is 0 Å². The van der Waals surface area contributed by atoms with Crippen LogP contribution in [0, 0.1) is 11.3 Å². The van der Waals surface area contributed by atoms with Gasteiger partial charge < -0.3 is 10.6 Å². The number of para-hydroxylation sites is 1. The minimum Gasteiger partial charge on any atom is -0.364 e. The lowest BCUT2D eigenvalue weighted by Crippen LogP contribution is -2.38. The van der Waals surface area contributed by atoms with Crippen LogP contribution in [0.5, 0.6) is 0 Å². The number of hydrogen-bond acceptors (Lipinski definition) is 3. The summed E-state index contributed by atoms with van der Waals surface area (Å²) in [5.41, 5.74) is 7.77. The number of benzene rings is 1. The maximum Gasteiger partial charge on any atom is 0.101 e. The molecule has 0 aliphatic carbocycles. The van der Waals surface area contributed by atoms with E-state index >= 15 is 0 Å². The quantitative estimate of drug-likeness (QED) is 0.778. The van der Waals surface area contributed by atoms with Crippen molar-refractivity contribution in [3.8, 4) is 6.07 Å². The van der Waals surface area contributed by atoms with E-state index < -0.39 is 0 Å². The first-order chi connectivity index (χ1) is 7.54. The summed E-state index contributed by atoms with van der Waals surface area (Å²) in [4.78, 5) is 2.25. The first kappa shape index (κ1) is 11.0. The highest BCUT2D eigenvalue weighted by atomic mass is 15.2. The van der Waals surface area contributed by atoms with Gasteiger partial charge in [-0.25, -0.2) is 0 Å². The van der Waals surface area contributed by atoms with Gasteiger partial charge in [-0.3, -0.25) is 0 Å². The second-order valence-electron chi connectivity index (χ2n) is 5.02. The fourth-order valence-electron chi connectivity index (χ4n) is 2.53. The van der Waals surface area contributed by atoms with E-state index in [1.54, 1.807) is 0 Å². The number of anilines is 1. The summed E-state index contributed by atoms with van der Waals surface area (Å²) in [6.07, 6.45) is 0.965. The van der Waals surface area contributed by atoms with Crippen molar-refractivity contribution in [2.75, 3.05) is 11.4 Å². The molecule has 1 unspecified atom stereocenters. The van der Waals surface area contributed by atoms with Crippen molar-refractivity contribution < 1.29 is 0 Å². The lowest BCUT2D eigenvalue weighted by molar-refractivity contribution is 0.506. The van der Waals surface area contributed by atoms with Gasteiger partial charge in [0.15, 0.2) is 0 Å². The number of hydrogen-bond donors (Lipinski definition) is 1. The minimum absolute atomic E-state index is 0.0341. The van der Waals surface area contributed by atoms with Crippen LogP contribution in [-0.4, -0.2) is 18.1 Å². The number of nitriles is 1. The van der Waals surface area contributed by atoms with Gasteiger partial charge in [0.05, 0.1) is 11.3 Å². The van der Waals surface area contributed by atoms with Crippen LogP contribution < -0.4 is 10.6 Å². The van der Waals surface area contributed by atoms with Crippen molar-refractivity contribution in [1.82, 2.24) is 0 Å². The van der Waals surface area contributed by atoms with E-state index in [1.807, 2.05) is 24.3 Å². The molecular weight excluding hydrogens is 198 g/mol. The van der Waals surface area contributed by atoms with Crippen LogP contribution in [0.1, 0.15) is 25.8 Å². The molecule has 0 amide bonds. The molecule has 3 heteroatoms. The Morgan fingerprint density at radius 1 is 1.44 bits per heavy atom. The van der Waals surface area contributed by atoms with Gasteiger partial charge in [-0.2, -0.15) is 5.26 Å². The molecule has 1 saturated heterocycles. The molecule has 0 radical (unpaired) electrons. The maximum atomic E-state index is 9.11. The topological polar surface area (TPSA) is 53.0 Å². The zero-order chi connectivity index (χ0) is 11.8. The summed E-state index contributed by atoms with van der Waals surface area (Å²) < 4.78 is 0. The van der Waals surface area contributed by atoms with Crippen molar-refractivity contribution in [1.29, 1.82) is 5.26 Å². The summed E-state index contributed by atoms with van der Waals surface area (Å²) in [5, 5.41) is 9.11. The van der Waals surface area contributed by atoms with Gasteiger partial charge >= 0.3 is 0 Å². The van der Waals surface area contributed by atoms with E-state index in [2.05, 4.69) is 24.8 Å². The lowest BCUT2D eigenvalue weighted by atomic mass is 9.99. The van der Waals surface area contributed by atoms with E-state index in [0.717, 1.165) is 24.2 Å². The largest absolute Gasteiger partial charge is 0.364 e. The first-order valence-electron chi connectivity index (χ1n) is 5.57. The Labute approximate surface area is 96.5 Å². The molecule has 0 saturated carbocycles. The SMILES string of the molecule is CC1(C)CC(N)CN1c1ccccc1C#N. The van der Waals surface area contributed by atoms with Crippen LogP contribution in [0.25, 0.3) is 0 Å². The maximum absolute atomic E-state index is 9.11. The van der Waals surface area contributed by atoms with Gasteiger partial charge in [-0.05, 0) is 32.4 Å². The second kappa shape index (κ2) is 3.80. The summed E-state index contributed by atoms with van der Waals surface area (Å²) in [5.74, 6) is 0. The summed E-state index contributed by atoms with van der Waals surface area (Å²) in [7, 11) is 0. The Balaban J connectivity index is 2.42. The molecule has 1 aromatic carbocycles. The predicted molar refractivity (Wildman–Crippen MR) is 65.2 cm³/mol. The Bertz CT molecular complexity index is 431. The molecule has 2 rings (SSSR count). The molecule has 1 heterocycles. The van der Waals surface area contributed by atoms with Crippen LogP contribution in [0.15, 0.2) is 24.3 Å². The van der Waals surface area contributed by atoms with Crippen molar-refractivity contribution in [2.45, 2.75) is 31.8 Å². The molecule has 1 aliphatic rings. The Morgan fingerprint density at radius 2 is 2.12 bits per heavy atom.